The first-order chi connectivity index (χ1) is 10.2. The first-order valence-electron chi connectivity index (χ1n) is 5.99. The average molecular weight is 304 g/mol. The third kappa shape index (κ3) is 2.52. The van der Waals surface area contributed by atoms with E-state index in [1.807, 2.05) is 0 Å². The van der Waals surface area contributed by atoms with Crippen LogP contribution in [0.4, 0.5) is 15.8 Å². The molecule has 2 aromatic heterocycles. The number of nitro groups is 1. The highest BCUT2D eigenvalue weighted by atomic mass is 32.1. The van der Waals surface area contributed by atoms with Gasteiger partial charge in [0, 0.05) is 17.3 Å². The van der Waals surface area contributed by atoms with Gasteiger partial charge in [-0.2, -0.15) is 0 Å². The third-order valence-corrected chi connectivity index (χ3v) is 3.72. The molecule has 0 atom stereocenters. The van der Waals surface area contributed by atoms with Crippen molar-refractivity contribution >= 4 is 33.6 Å². The highest BCUT2D eigenvalue weighted by Crippen LogP contribution is 2.32. The van der Waals surface area contributed by atoms with E-state index in [4.69, 9.17) is 0 Å². The molecule has 106 valence electrons. The number of fused-ring (bicyclic) bond motifs is 1. The van der Waals surface area contributed by atoms with Crippen LogP contribution in [0.2, 0.25) is 0 Å². The summed E-state index contributed by atoms with van der Waals surface area (Å²) < 4.78 is 14.1. The second-order valence-corrected chi connectivity index (χ2v) is 5.20. The zero-order valence-electron chi connectivity index (χ0n) is 10.6. The van der Waals surface area contributed by atoms with Crippen molar-refractivity contribution in [3.8, 4) is 0 Å². The fourth-order valence-corrected chi connectivity index (χ4v) is 2.55. The molecule has 0 saturated heterocycles. The summed E-state index contributed by atoms with van der Waals surface area (Å²) in [6.07, 6.45) is 3.15. The lowest BCUT2D eigenvalue weighted by atomic mass is 10.1. The van der Waals surface area contributed by atoms with Gasteiger partial charge in [-0.1, -0.05) is 0 Å². The van der Waals surface area contributed by atoms with Gasteiger partial charge in [0.15, 0.2) is 5.82 Å². The molecule has 0 radical (unpaired) electrons. The van der Waals surface area contributed by atoms with Crippen molar-refractivity contribution in [3.63, 3.8) is 0 Å². The van der Waals surface area contributed by atoms with Gasteiger partial charge in [0.2, 0.25) is 0 Å². The molecule has 0 aliphatic heterocycles. The minimum Gasteiger partial charge on any atom is -0.376 e. The number of rotatable bonds is 4. The van der Waals surface area contributed by atoms with Crippen molar-refractivity contribution in [2.45, 2.75) is 6.54 Å². The molecular weight excluding hydrogens is 295 g/mol. The molecule has 1 N–H and O–H groups in total. The van der Waals surface area contributed by atoms with Gasteiger partial charge in [-0.3, -0.25) is 20.1 Å². The molecule has 0 fully saturated rings. The number of benzene rings is 1. The Bertz CT molecular complexity index is 807. The number of pyridine rings is 1. The number of nitrogens with zero attached hydrogens (tertiary/aromatic N) is 3. The largest absolute Gasteiger partial charge is 0.376 e. The van der Waals surface area contributed by atoms with Crippen LogP contribution in [-0.4, -0.2) is 14.9 Å². The van der Waals surface area contributed by atoms with Crippen LogP contribution >= 0.6 is 11.3 Å². The number of non-ortho nitro benzene ring substituents is 1. The summed E-state index contributed by atoms with van der Waals surface area (Å²) in [6, 6.07) is 4.05. The number of nitro benzene ring substituents is 1. The Morgan fingerprint density at radius 3 is 3.05 bits per heavy atom. The SMILES string of the molecule is O=[N+]([O-])c1cc(F)c(NCc2cncs2)c2ncccc12. The fraction of sp³-hybridized carbons (Fsp3) is 0.0769. The van der Waals surface area contributed by atoms with Gasteiger partial charge in [0.25, 0.3) is 5.69 Å². The topological polar surface area (TPSA) is 81.0 Å². The zero-order chi connectivity index (χ0) is 14.8. The summed E-state index contributed by atoms with van der Waals surface area (Å²) in [7, 11) is 0. The molecule has 0 bridgehead atoms. The summed E-state index contributed by atoms with van der Waals surface area (Å²) >= 11 is 1.44. The van der Waals surface area contributed by atoms with Gasteiger partial charge >= 0.3 is 0 Å². The Morgan fingerprint density at radius 1 is 1.48 bits per heavy atom. The minimum atomic E-state index is -0.697. The van der Waals surface area contributed by atoms with Crippen molar-refractivity contribution in [1.29, 1.82) is 0 Å². The molecule has 21 heavy (non-hydrogen) atoms. The summed E-state index contributed by atoms with van der Waals surface area (Å²) in [5, 5.41) is 14.2. The van der Waals surface area contributed by atoms with Gasteiger partial charge in [-0.15, -0.1) is 11.3 Å². The second kappa shape index (κ2) is 5.41. The molecule has 0 aliphatic rings. The monoisotopic (exact) mass is 304 g/mol. The Labute approximate surface area is 122 Å². The van der Waals surface area contributed by atoms with E-state index in [9.17, 15) is 14.5 Å². The predicted octanol–water partition coefficient (Wildman–Crippen LogP) is 3.35. The highest BCUT2D eigenvalue weighted by molar-refractivity contribution is 7.09. The molecule has 1 aromatic carbocycles. The number of aromatic nitrogens is 2. The van der Waals surface area contributed by atoms with Crippen molar-refractivity contribution in [1.82, 2.24) is 9.97 Å². The molecule has 3 aromatic rings. The number of halogens is 1. The summed E-state index contributed by atoms with van der Waals surface area (Å²) in [6.45, 7) is 0.380. The standard InChI is InChI=1S/C13H9FN4O2S/c14-10-4-11(18(19)20)9-2-1-3-16-12(9)13(10)17-6-8-5-15-7-21-8/h1-5,7,17H,6H2. The predicted molar refractivity (Wildman–Crippen MR) is 77.8 cm³/mol. The molecule has 6 nitrogen and oxygen atoms in total. The quantitative estimate of drug-likeness (QED) is 0.590. The van der Waals surface area contributed by atoms with Crippen LogP contribution in [0.5, 0.6) is 0 Å². The lowest BCUT2D eigenvalue weighted by Gasteiger charge is -2.09. The van der Waals surface area contributed by atoms with Crippen molar-refractivity contribution < 1.29 is 9.31 Å². The minimum absolute atomic E-state index is 0.157. The van der Waals surface area contributed by atoms with Crippen LogP contribution in [0, 0.1) is 15.9 Å². The maximum atomic E-state index is 14.1. The third-order valence-electron chi connectivity index (χ3n) is 2.94. The number of hydrogen-bond acceptors (Lipinski definition) is 6. The van der Waals surface area contributed by atoms with Crippen LogP contribution in [0.3, 0.4) is 0 Å². The number of nitrogens with one attached hydrogen (secondary N) is 1. The Morgan fingerprint density at radius 2 is 2.33 bits per heavy atom. The van der Waals surface area contributed by atoms with E-state index in [0.29, 0.717) is 11.9 Å². The number of anilines is 1. The maximum absolute atomic E-state index is 14.1. The number of hydrogen-bond donors (Lipinski definition) is 1. The van der Waals surface area contributed by atoms with E-state index in [1.54, 1.807) is 23.8 Å². The van der Waals surface area contributed by atoms with E-state index in [1.165, 1.54) is 17.5 Å². The van der Waals surface area contributed by atoms with E-state index >= 15 is 0 Å². The van der Waals surface area contributed by atoms with Gasteiger partial charge in [-0.25, -0.2) is 4.39 Å². The van der Waals surface area contributed by atoms with Crippen LogP contribution in [0.15, 0.2) is 36.1 Å². The van der Waals surface area contributed by atoms with Gasteiger partial charge in [-0.05, 0) is 12.1 Å². The lowest BCUT2D eigenvalue weighted by Crippen LogP contribution is -2.03. The Balaban J connectivity index is 2.08. The molecule has 8 heteroatoms. The molecular formula is C13H9FN4O2S. The first-order valence-corrected chi connectivity index (χ1v) is 6.87. The first kappa shape index (κ1) is 13.4. The highest BCUT2D eigenvalue weighted by Gasteiger charge is 2.19. The lowest BCUT2D eigenvalue weighted by molar-refractivity contribution is -0.383. The molecule has 0 saturated carbocycles. The van der Waals surface area contributed by atoms with E-state index in [2.05, 4.69) is 15.3 Å². The second-order valence-electron chi connectivity index (χ2n) is 4.23. The van der Waals surface area contributed by atoms with E-state index < -0.39 is 10.7 Å². The van der Waals surface area contributed by atoms with E-state index in [-0.39, 0.29) is 16.9 Å². The molecule has 0 unspecified atom stereocenters. The normalized spacial score (nSPS) is 10.7. The zero-order valence-corrected chi connectivity index (χ0v) is 11.4. The molecule has 3 rings (SSSR count). The smallest absolute Gasteiger partial charge is 0.281 e. The van der Waals surface area contributed by atoms with Crippen molar-refractivity contribution in [2.75, 3.05) is 5.32 Å². The van der Waals surface area contributed by atoms with Gasteiger partial charge < -0.3 is 5.32 Å². The van der Waals surface area contributed by atoms with Crippen LogP contribution < -0.4 is 5.32 Å². The molecule has 0 aliphatic carbocycles. The summed E-state index contributed by atoms with van der Waals surface area (Å²) in [5.74, 6) is -0.697. The maximum Gasteiger partial charge on any atom is 0.281 e. The average Bonchev–Trinajstić information content (AvgIpc) is 2.98. The van der Waals surface area contributed by atoms with Crippen LogP contribution in [0.25, 0.3) is 10.9 Å². The Kier molecular flexibility index (Phi) is 3.44. The Hall–Kier alpha value is -2.61. The van der Waals surface area contributed by atoms with E-state index in [0.717, 1.165) is 10.9 Å². The summed E-state index contributed by atoms with van der Waals surface area (Å²) in [4.78, 5) is 19.3. The van der Waals surface area contributed by atoms with Crippen LogP contribution in [-0.2, 0) is 6.54 Å². The van der Waals surface area contributed by atoms with Crippen molar-refractivity contribution in [2.24, 2.45) is 0 Å². The van der Waals surface area contributed by atoms with Gasteiger partial charge in [0.05, 0.1) is 34.1 Å². The molecule has 0 spiro atoms. The molecule has 0 amide bonds. The number of thiazole rings is 1. The van der Waals surface area contributed by atoms with Crippen LogP contribution in [0.1, 0.15) is 4.88 Å². The fourth-order valence-electron chi connectivity index (χ4n) is 2.02. The van der Waals surface area contributed by atoms with Crippen molar-refractivity contribution in [3.05, 3.63) is 56.9 Å². The summed E-state index contributed by atoms with van der Waals surface area (Å²) in [5.41, 5.74) is 1.79. The van der Waals surface area contributed by atoms with Gasteiger partial charge in [0.1, 0.15) is 5.52 Å². The molecule has 2 heterocycles.